The summed E-state index contributed by atoms with van der Waals surface area (Å²) in [7, 11) is -1.21. The SMILES string of the molecule is CNOCCOCCONC.CONCCOCCNOC.NCC(O)CCON.NCC(O)CN.NCC(O)CON.NCCC(O)CN.NCCCCN.NN.NNC(=O)C(O)C(O)C(=O)NN.NNC(=O)CC(N)CO.NNC(=O)CCCCC(=O)NN.NNC(=O)NN.NNC(=S)NN.NNC(=S)Nc1ccc(NC(=S)NN)cc1.NNS(=O)(=O)c1cccc(S(=O)(=O)NN)c1.NOCCOCCON. The third kappa shape index (κ3) is 140. The fourth-order valence-corrected chi connectivity index (χ4v) is 7.75. The number of unbranched alkanes of at least 4 members (excludes halogenated alkanes) is 2. The second-order valence-electron chi connectivity index (χ2n) is 24.2. The quantitative estimate of drug-likeness (QED) is 0.00961. The van der Waals surface area contributed by atoms with E-state index in [1.54, 1.807) is 59.7 Å². The van der Waals surface area contributed by atoms with Crippen LogP contribution in [0, 0.1) is 0 Å². The Bertz CT molecular complexity index is 3140. The van der Waals surface area contributed by atoms with Gasteiger partial charge in [0, 0.05) is 96.6 Å². The number of benzene rings is 2. The van der Waals surface area contributed by atoms with Crippen LogP contribution in [0.2, 0.25) is 0 Å². The first kappa shape index (κ1) is 166. The molecule has 82 N–H and O–H groups in total. The summed E-state index contributed by atoms with van der Waals surface area (Å²) in [5.41, 5.74) is 79.0. The zero-order chi connectivity index (χ0) is 114. The molecule has 2 aromatic rings. The van der Waals surface area contributed by atoms with E-state index in [0.29, 0.717) is 148 Å². The summed E-state index contributed by atoms with van der Waals surface area (Å²) >= 11 is 14.1. The maximum atomic E-state index is 11.3. The highest BCUT2D eigenvalue weighted by Crippen LogP contribution is 2.15. The summed E-state index contributed by atoms with van der Waals surface area (Å²) < 4.78 is 60.3. The molecule has 0 spiro atoms. The molecule has 6 atom stereocenters. The van der Waals surface area contributed by atoms with Crippen LogP contribution in [0.25, 0.3) is 0 Å². The molecule has 144 heavy (non-hydrogen) atoms. The van der Waals surface area contributed by atoms with E-state index in [2.05, 4.69) is 142 Å². The topological polar surface area (TPSA) is 1370 Å². The summed E-state index contributed by atoms with van der Waals surface area (Å²) in [4.78, 5) is 100. The maximum absolute atomic E-state index is 11.3. The number of hydroxylamine groups is 4. The normalized spacial score (nSPS) is 11.0. The van der Waals surface area contributed by atoms with Gasteiger partial charge in [0.15, 0.2) is 27.5 Å². The van der Waals surface area contributed by atoms with Crippen LogP contribution in [-0.2, 0) is 96.9 Å². The molecule has 7 amide bonds. The van der Waals surface area contributed by atoms with Crippen LogP contribution in [-0.4, -0.2) is 326 Å². The summed E-state index contributed by atoms with van der Waals surface area (Å²) in [6.07, 6.45) is -0.602. The Hall–Kier alpha value is -8.05. The Labute approximate surface area is 852 Å². The van der Waals surface area contributed by atoms with E-state index in [9.17, 15) is 45.6 Å². The Morgan fingerprint density at radius 1 is 0.396 bits per heavy atom. The molecular formula is C64H173N47O28S5. The van der Waals surface area contributed by atoms with Crippen molar-refractivity contribution < 1.29 is 134 Å². The maximum Gasteiger partial charge on any atom is 0.343 e. The molecule has 0 bridgehead atoms. The van der Waals surface area contributed by atoms with Crippen LogP contribution in [0.1, 0.15) is 57.8 Å². The number of aliphatic hydroxyl groups excluding tert-OH is 7. The minimum Gasteiger partial charge on any atom is -0.395 e. The molecular weight excluding hydrogens is 2040 g/mol. The molecule has 0 radical (unpaired) electrons. The smallest absolute Gasteiger partial charge is 0.343 e. The van der Waals surface area contributed by atoms with Gasteiger partial charge in [0.1, 0.15) is 0 Å². The Balaban J connectivity index is -0.000000106. The molecule has 0 aliphatic carbocycles. The summed E-state index contributed by atoms with van der Waals surface area (Å²) in [6, 6.07) is 10.8. The molecule has 0 aliphatic rings. The number of hydrogen-bond donors (Lipinski definition) is 54. The first-order chi connectivity index (χ1) is 68.4. The van der Waals surface area contributed by atoms with Gasteiger partial charge in [-0.2, -0.15) is 9.66 Å². The van der Waals surface area contributed by atoms with Crippen LogP contribution >= 0.6 is 36.7 Å². The van der Waals surface area contributed by atoms with Gasteiger partial charge in [-0.25, -0.2) is 131 Å². The Morgan fingerprint density at radius 2 is 0.729 bits per heavy atom. The average Bonchev–Trinajstić information content (AvgIpc) is 0.813. The van der Waals surface area contributed by atoms with Gasteiger partial charge in [0.05, 0.1) is 134 Å². The summed E-state index contributed by atoms with van der Waals surface area (Å²) in [6.45, 7) is 10.3. The van der Waals surface area contributed by atoms with Crippen LogP contribution < -0.4 is 265 Å². The van der Waals surface area contributed by atoms with Crippen LogP contribution in [0.5, 0.6) is 0 Å². The Morgan fingerprint density at radius 3 is 0.958 bits per heavy atom. The second-order valence-corrected chi connectivity index (χ2v) is 28.9. The number of sulfonamides is 2. The van der Waals surface area contributed by atoms with E-state index < -0.39 is 80.6 Å². The predicted octanol–water partition coefficient (Wildman–Crippen LogP) is -24.3. The number of amides is 7. The number of urea groups is 1. The monoisotopic (exact) mass is 2210 g/mol. The number of hydrogen-bond acceptors (Lipinski definition) is 63. The second kappa shape index (κ2) is 135. The van der Waals surface area contributed by atoms with Gasteiger partial charge in [-0.3, -0.25) is 106 Å². The number of ether oxygens (including phenoxy) is 3. The lowest BCUT2D eigenvalue weighted by Crippen LogP contribution is -2.52. The minimum absolute atomic E-state index is 0.0625. The van der Waals surface area contributed by atoms with Crippen LogP contribution in [0.4, 0.5) is 16.2 Å². The standard InChI is InChI=1S/C8H12N6S2.C6H10N4O4S2.C6H14N4O2.2C6H16N2O3.C4H10N4O4.C4H11N3O2.C4H12N2O3.C4H12N2O2.C4H12N2O.C4H12N2.C3H10N2O2.C3H10N2O.CH6N4O.CH6N4S.H4N2/c9-13-7(15)11-5-1-2-6(4-3-5)12-8(16)14-10;7-9-15(11,12)5-2-1-3-6(4-5)16(13,14)10-8;7-9-5(11)3-1-2-4-6(12)10-8;1-9-7-3-5-11-6-4-8-10-2;1-7-10-5-3-9-4-6-11-8-2;5-7-3(11)1(9)2(10)4(12)8-6;5-3(2-8)1-4(9)7-6;5-8-3-1-7-2-4-9-6;5-3-4(7)1-2-8-6;5-2-1-4(7)3-6;5-3-1-2-4-6;4-1-3(6)2-7-5;4-1-3(6)2-5;2*2-4-1(6)5-3;1-2/h1-4H,9-10H2,(H2,11,13,15)(H2,12,14,16);1-4,9-10H,7-8H2;1-4,7-8H2,(H,9,11)(H,10,12);2*7-8H,3-6H2,1-2H3;1-2,9-10H,5-6H2,(H,7,11)(H,8,12);3,8H,1-2,5-6H2,(H,7,9);1-6H2;4,7H,1-3,5-6H2;4,7H,1-3,5-6H2;1-6H2;3,6H,1-2,4-5H2;3,6H,1-2,4-5H2;2*2-3H2,(H2,4,5,6);1-2H2. The molecule has 0 saturated heterocycles. The number of anilines is 2. The van der Waals surface area contributed by atoms with Gasteiger partial charge in [-0.1, -0.05) is 6.07 Å². The number of carbonyl (C=O) groups is 6. The highest BCUT2D eigenvalue weighted by molar-refractivity contribution is 7.90. The van der Waals surface area contributed by atoms with Crippen molar-refractivity contribution in [2.24, 2.45) is 163 Å². The molecule has 0 aliphatic heterocycles. The lowest BCUT2D eigenvalue weighted by atomic mass is 10.2. The number of nitrogens with two attached hydrogens (primary N) is 28. The van der Waals surface area contributed by atoms with E-state index in [1.165, 1.54) is 18.2 Å². The molecule has 2 rings (SSSR count). The predicted molar refractivity (Wildman–Crippen MR) is 544 cm³/mol. The van der Waals surface area contributed by atoms with E-state index in [-0.39, 0.29) is 78.4 Å². The van der Waals surface area contributed by atoms with E-state index in [1.807, 2.05) is 40.5 Å². The highest BCUT2D eigenvalue weighted by Gasteiger charge is 2.29. The molecule has 6 unspecified atom stereocenters. The molecule has 0 fully saturated rings. The molecule has 0 heterocycles. The van der Waals surface area contributed by atoms with Crippen molar-refractivity contribution in [1.29, 1.82) is 0 Å². The number of hydrazine groups is 14. The van der Waals surface area contributed by atoms with Crippen molar-refractivity contribution >= 4 is 119 Å². The molecule has 80 heteroatoms. The third-order valence-electron chi connectivity index (χ3n) is 13.3. The van der Waals surface area contributed by atoms with E-state index in [4.69, 9.17) is 200 Å². The lowest BCUT2D eigenvalue weighted by molar-refractivity contribution is -0.146. The van der Waals surface area contributed by atoms with Crippen molar-refractivity contribution in [3.8, 4) is 0 Å². The van der Waals surface area contributed by atoms with Crippen molar-refractivity contribution in [3.63, 3.8) is 0 Å². The van der Waals surface area contributed by atoms with Crippen LogP contribution in [0.3, 0.4) is 0 Å². The zero-order valence-electron chi connectivity index (χ0n) is 81.2. The van der Waals surface area contributed by atoms with Crippen molar-refractivity contribution in [3.05, 3.63) is 48.5 Å². The zero-order valence-corrected chi connectivity index (χ0v) is 85.3. The first-order valence-electron chi connectivity index (χ1n) is 41.1. The fourth-order valence-electron chi connectivity index (χ4n) is 6.09. The van der Waals surface area contributed by atoms with Crippen molar-refractivity contribution in [2.75, 3.05) is 190 Å². The summed E-state index contributed by atoms with van der Waals surface area (Å²) in [5.74, 6) is 85.8. The molecule has 75 nitrogen and oxygen atoms in total. The molecule has 0 aromatic heterocycles. The largest absolute Gasteiger partial charge is 0.395 e. The summed E-state index contributed by atoms with van der Waals surface area (Å²) in [5, 5.41) is 67.0. The number of nitrogens with one attached hydrogen (secondary N) is 19. The van der Waals surface area contributed by atoms with Gasteiger partial charge >= 0.3 is 6.03 Å². The first-order valence-corrected chi connectivity index (χ1v) is 45.3. The average molecular weight is 2210 g/mol. The van der Waals surface area contributed by atoms with Crippen molar-refractivity contribution in [1.82, 2.24) is 91.3 Å². The Kier molecular flexibility index (Phi) is 156. The number of aliphatic hydroxyl groups is 7. The fraction of sp³-hybridized carbons (Fsp3) is 0.672. The van der Waals surface area contributed by atoms with E-state index >= 15 is 0 Å². The molecule has 0 saturated carbocycles. The number of carbonyl (C=O) groups excluding carboxylic acids is 6. The van der Waals surface area contributed by atoms with Gasteiger partial charge in [0.25, 0.3) is 31.9 Å². The van der Waals surface area contributed by atoms with E-state index in [0.717, 1.165) is 43.4 Å². The third-order valence-corrected chi connectivity index (χ3v) is 16.3. The van der Waals surface area contributed by atoms with Gasteiger partial charge in [0.2, 0.25) is 17.7 Å². The molecule has 2 aromatic carbocycles. The highest BCUT2D eigenvalue weighted by atomic mass is 32.2. The molecule has 862 valence electrons. The lowest BCUT2D eigenvalue weighted by Gasteiger charge is -2.13. The van der Waals surface area contributed by atoms with Gasteiger partial charge in [-0.05, 0) is 137 Å². The van der Waals surface area contributed by atoms with Gasteiger partial charge < -0.3 is 152 Å². The number of rotatable bonds is 54. The minimum atomic E-state index is -3.89. The number of thiocarbonyl (C=S) groups is 3. The van der Waals surface area contributed by atoms with Crippen molar-refractivity contribution in [2.45, 2.75) is 110 Å². The van der Waals surface area contributed by atoms with Crippen LogP contribution in [0.15, 0.2) is 58.3 Å². The van der Waals surface area contributed by atoms with Gasteiger partial charge in [-0.15, -0.1) is 0 Å².